The number of hydrogen-bond acceptors (Lipinski definition) is 6. The largest absolute Gasteiger partial charge is 0.466 e. The first-order valence-corrected chi connectivity index (χ1v) is 11.4. The summed E-state index contributed by atoms with van der Waals surface area (Å²) in [5.74, 6) is -0.211. The topological polar surface area (TPSA) is 84.1 Å². The lowest BCUT2D eigenvalue weighted by atomic mass is 9.82. The number of H-pyrrole nitrogens is 1. The van der Waals surface area contributed by atoms with E-state index in [1.807, 2.05) is 24.3 Å². The molecule has 2 heterocycles. The lowest BCUT2D eigenvalue weighted by Crippen LogP contribution is -2.30. The number of benzene rings is 2. The van der Waals surface area contributed by atoms with Crippen molar-refractivity contribution < 1.29 is 9.53 Å². The van der Waals surface area contributed by atoms with Crippen LogP contribution in [-0.4, -0.2) is 23.0 Å². The number of methoxy groups -OCH3 is 1. The molecule has 1 atom stereocenters. The second-order valence-electron chi connectivity index (χ2n) is 7.15. The highest BCUT2D eigenvalue weighted by atomic mass is 35.5. The van der Waals surface area contributed by atoms with E-state index in [1.165, 1.54) is 18.9 Å². The minimum atomic E-state index is -0.644. The second kappa shape index (κ2) is 9.40. The summed E-state index contributed by atoms with van der Waals surface area (Å²) in [5.41, 5.74) is 2.62. The molecule has 4 rings (SSSR count). The molecule has 2 N–H and O–H groups in total. The van der Waals surface area contributed by atoms with Gasteiger partial charge >= 0.3 is 5.97 Å². The molecule has 0 saturated carbocycles. The Hall–Kier alpha value is -2.74. The molecular formula is C23H19Cl2N3O3S. The zero-order valence-corrected chi connectivity index (χ0v) is 19.6. The number of anilines is 1. The number of thioether (sulfide) groups is 1. The lowest BCUT2D eigenvalue weighted by Gasteiger charge is -2.28. The van der Waals surface area contributed by atoms with E-state index in [4.69, 9.17) is 27.9 Å². The zero-order valence-electron chi connectivity index (χ0n) is 17.2. The van der Waals surface area contributed by atoms with E-state index < -0.39 is 11.9 Å². The summed E-state index contributed by atoms with van der Waals surface area (Å²) in [6.07, 6.45) is 0. The molecule has 1 aliphatic heterocycles. The van der Waals surface area contributed by atoms with Crippen molar-refractivity contribution in [2.45, 2.75) is 23.8 Å². The van der Waals surface area contributed by atoms with Crippen LogP contribution in [0.15, 0.2) is 69.8 Å². The number of rotatable bonds is 5. The van der Waals surface area contributed by atoms with Crippen molar-refractivity contribution in [3.8, 4) is 0 Å². The van der Waals surface area contributed by atoms with Crippen LogP contribution in [0.3, 0.4) is 0 Å². The van der Waals surface area contributed by atoms with E-state index in [2.05, 4.69) is 15.3 Å². The zero-order chi connectivity index (χ0) is 22.8. The van der Waals surface area contributed by atoms with E-state index in [-0.39, 0.29) is 5.56 Å². The summed E-state index contributed by atoms with van der Waals surface area (Å²) in [7, 11) is 1.31. The number of halogens is 2. The lowest BCUT2D eigenvalue weighted by molar-refractivity contribution is -0.136. The van der Waals surface area contributed by atoms with Crippen molar-refractivity contribution in [3.63, 3.8) is 0 Å². The predicted molar refractivity (Wildman–Crippen MR) is 128 cm³/mol. The van der Waals surface area contributed by atoms with Gasteiger partial charge in [0.05, 0.1) is 24.2 Å². The predicted octanol–water partition coefficient (Wildman–Crippen LogP) is 5.37. The molecular weight excluding hydrogens is 469 g/mol. The first-order valence-electron chi connectivity index (χ1n) is 9.71. The molecule has 32 heavy (non-hydrogen) atoms. The number of nitrogens with zero attached hydrogens (tertiary/aromatic N) is 1. The average molecular weight is 488 g/mol. The summed E-state index contributed by atoms with van der Waals surface area (Å²) in [4.78, 5) is 33.3. The van der Waals surface area contributed by atoms with Crippen LogP contribution in [0.1, 0.15) is 29.5 Å². The summed E-state index contributed by atoms with van der Waals surface area (Å²) in [6.45, 7) is 1.76. The summed E-state index contributed by atoms with van der Waals surface area (Å²) in [5, 5.41) is 4.77. The van der Waals surface area contributed by atoms with Gasteiger partial charge in [-0.3, -0.25) is 4.79 Å². The minimum Gasteiger partial charge on any atom is -0.466 e. The van der Waals surface area contributed by atoms with Crippen molar-refractivity contribution in [2.24, 2.45) is 0 Å². The van der Waals surface area contributed by atoms with E-state index in [9.17, 15) is 9.59 Å². The van der Waals surface area contributed by atoms with E-state index in [1.54, 1.807) is 31.2 Å². The van der Waals surface area contributed by atoms with E-state index in [0.29, 0.717) is 43.6 Å². The Bertz CT molecular complexity index is 1270. The molecule has 0 radical (unpaired) electrons. The highest BCUT2D eigenvalue weighted by Gasteiger charge is 2.36. The number of nitrogens with one attached hydrogen (secondary N) is 2. The van der Waals surface area contributed by atoms with Gasteiger partial charge in [-0.2, -0.15) is 0 Å². The normalized spacial score (nSPS) is 15.2. The maximum absolute atomic E-state index is 13.2. The number of ether oxygens (including phenoxy) is 1. The van der Waals surface area contributed by atoms with Crippen LogP contribution in [0.4, 0.5) is 5.82 Å². The number of hydrogen-bond donors (Lipinski definition) is 2. The summed E-state index contributed by atoms with van der Waals surface area (Å²) in [6, 6.07) is 14.5. The Morgan fingerprint density at radius 1 is 1.16 bits per heavy atom. The van der Waals surface area contributed by atoms with E-state index >= 15 is 0 Å². The number of allylic oxidation sites excluding steroid dienone is 1. The molecule has 0 amide bonds. The van der Waals surface area contributed by atoms with Crippen LogP contribution in [0, 0.1) is 0 Å². The minimum absolute atomic E-state index is 0.335. The Kier molecular flexibility index (Phi) is 6.60. The van der Waals surface area contributed by atoms with Crippen molar-refractivity contribution >= 4 is 46.8 Å². The Morgan fingerprint density at radius 3 is 2.56 bits per heavy atom. The molecule has 0 aliphatic carbocycles. The summed E-state index contributed by atoms with van der Waals surface area (Å²) < 4.78 is 5.00. The second-order valence-corrected chi connectivity index (χ2v) is 8.96. The molecule has 2 aromatic carbocycles. The van der Waals surface area contributed by atoms with Gasteiger partial charge in [-0.25, -0.2) is 9.78 Å². The van der Waals surface area contributed by atoms with Crippen molar-refractivity contribution in [1.82, 2.24) is 9.97 Å². The number of fused-ring (bicyclic) bond motifs is 1. The Balaban J connectivity index is 1.76. The third kappa shape index (κ3) is 4.41. The maximum atomic E-state index is 13.2. The van der Waals surface area contributed by atoms with Crippen LogP contribution < -0.4 is 10.9 Å². The van der Waals surface area contributed by atoms with Crippen LogP contribution in [0.25, 0.3) is 0 Å². The number of aromatic nitrogens is 2. The van der Waals surface area contributed by atoms with Crippen molar-refractivity contribution in [2.75, 3.05) is 12.4 Å². The number of esters is 1. The van der Waals surface area contributed by atoms with Gasteiger partial charge in [-0.1, -0.05) is 65.3 Å². The SMILES string of the molecule is COC(=O)C1=C(C)Nc2nc(SCc3ccccc3Cl)[nH]c(=O)c2C1c1ccc(Cl)cc1. The quantitative estimate of drug-likeness (QED) is 0.285. The number of carbonyl (C=O) groups excluding carboxylic acids is 1. The van der Waals surface area contributed by atoms with Crippen LogP contribution in [-0.2, 0) is 15.3 Å². The molecule has 3 aromatic rings. The smallest absolute Gasteiger partial charge is 0.336 e. The van der Waals surface area contributed by atoms with E-state index in [0.717, 1.165) is 11.1 Å². The van der Waals surface area contributed by atoms with Crippen LogP contribution >= 0.6 is 35.0 Å². The fourth-order valence-electron chi connectivity index (χ4n) is 3.63. The van der Waals surface area contributed by atoms with Gasteiger partial charge in [0, 0.05) is 21.5 Å². The van der Waals surface area contributed by atoms with Crippen molar-refractivity contribution in [1.29, 1.82) is 0 Å². The standard InChI is InChI=1S/C23H19Cl2N3O3S/c1-12-17(22(30)31-2)18(13-7-9-15(24)10-8-13)19-20(26-12)27-23(28-21(19)29)32-11-14-5-3-4-6-16(14)25/h3-10,18H,11H2,1-2H3,(H2,26,27,28,29). The first-order chi connectivity index (χ1) is 15.4. The molecule has 1 aromatic heterocycles. The monoisotopic (exact) mass is 487 g/mol. The number of carbonyl (C=O) groups is 1. The Labute approximate surface area is 199 Å². The van der Waals surface area contributed by atoms with Gasteiger partial charge < -0.3 is 15.0 Å². The third-order valence-electron chi connectivity index (χ3n) is 5.15. The number of aromatic amines is 1. The van der Waals surface area contributed by atoms with Gasteiger partial charge in [0.25, 0.3) is 5.56 Å². The summed E-state index contributed by atoms with van der Waals surface area (Å²) >= 11 is 13.7. The molecule has 1 aliphatic rings. The molecule has 9 heteroatoms. The van der Waals surface area contributed by atoms with Crippen LogP contribution in [0.5, 0.6) is 0 Å². The molecule has 1 unspecified atom stereocenters. The van der Waals surface area contributed by atoms with Crippen molar-refractivity contribution in [3.05, 3.63) is 96.9 Å². The molecule has 164 valence electrons. The molecule has 0 bridgehead atoms. The Morgan fingerprint density at radius 2 is 1.88 bits per heavy atom. The van der Waals surface area contributed by atoms with Crippen LogP contribution in [0.2, 0.25) is 10.0 Å². The molecule has 0 fully saturated rings. The fraction of sp³-hybridized carbons (Fsp3) is 0.174. The average Bonchev–Trinajstić information content (AvgIpc) is 2.77. The fourth-order valence-corrected chi connectivity index (χ4v) is 4.90. The van der Waals surface area contributed by atoms with Gasteiger partial charge in [0.1, 0.15) is 5.82 Å². The molecule has 6 nitrogen and oxygen atoms in total. The highest BCUT2D eigenvalue weighted by Crippen LogP contribution is 2.40. The van der Waals surface area contributed by atoms with Gasteiger partial charge in [0.2, 0.25) is 0 Å². The first kappa shape index (κ1) is 22.5. The highest BCUT2D eigenvalue weighted by molar-refractivity contribution is 7.98. The van der Waals surface area contributed by atoms with Gasteiger partial charge in [-0.15, -0.1) is 0 Å². The molecule has 0 spiro atoms. The third-order valence-corrected chi connectivity index (χ3v) is 6.69. The van der Waals surface area contributed by atoms with Gasteiger partial charge in [-0.05, 0) is 36.2 Å². The molecule has 0 saturated heterocycles. The maximum Gasteiger partial charge on any atom is 0.336 e. The van der Waals surface area contributed by atoms with Gasteiger partial charge in [0.15, 0.2) is 5.16 Å².